The number of aromatic nitrogens is 5. The van der Waals surface area contributed by atoms with Crippen molar-refractivity contribution < 1.29 is 14.3 Å². The van der Waals surface area contributed by atoms with Crippen molar-refractivity contribution in [2.45, 2.75) is 43.3 Å². The van der Waals surface area contributed by atoms with Crippen LogP contribution in [0.4, 0.5) is 0 Å². The minimum atomic E-state index is 0.00590. The highest BCUT2D eigenvalue weighted by Gasteiger charge is 2.31. The molecule has 0 saturated carbocycles. The molecule has 3 unspecified atom stereocenters. The van der Waals surface area contributed by atoms with Gasteiger partial charge in [0.05, 0.1) is 19.2 Å². The molecule has 35 heavy (non-hydrogen) atoms. The summed E-state index contributed by atoms with van der Waals surface area (Å²) in [7, 11) is 3.24. The van der Waals surface area contributed by atoms with Crippen molar-refractivity contribution in [1.82, 2.24) is 34.4 Å². The molecule has 1 aliphatic rings. The Balaban J connectivity index is 1.66. The molecule has 12 heteroatoms. The van der Waals surface area contributed by atoms with Gasteiger partial charge in [0.1, 0.15) is 28.8 Å². The third kappa shape index (κ3) is 5.36. The fourth-order valence-corrected chi connectivity index (χ4v) is 4.95. The van der Waals surface area contributed by atoms with Crippen LogP contribution in [0.5, 0.6) is 11.5 Å². The normalized spacial score (nSPS) is 17.3. The zero-order valence-electron chi connectivity index (χ0n) is 20.0. The lowest BCUT2D eigenvalue weighted by Crippen LogP contribution is -2.27. The number of hydrogen-bond acceptors (Lipinski definition) is 9. The van der Waals surface area contributed by atoms with E-state index in [-0.39, 0.29) is 17.9 Å². The van der Waals surface area contributed by atoms with Gasteiger partial charge in [-0.05, 0) is 37.4 Å². The summed E-state index contributed by atoms with van der Waals surface area (Å²) in [5, 5.41) is 10.2. The Hall–Kier alpha value is -2.89. The smallest absolute Gasteiger partial charge is 0.211 e. The molecule has 1 N–H and O–H groups in total. The molecular weight excluding hydrogens is 490 g/mol. The molecule has 1 amide bonds. The van der Waals surface area contributed by atoms with E-state index in [9.17, 15) is 4.79 Å². The number of carbonyl (C=O) groups excluding carboxylic acids is 1. The van der Waals surface area contributed by atoms with Gasteiger partial charge < -0.3 is 14.4 Å². The number of nitrogens with zero attached hydrogens (tertiary/aromatic N) is 6. The van der Waals surface area contributed by atoms with Gasteiger partial charge in [-0.15, -0.1) is 10.2 Å². The molecule has 3 atom stereocenters. The zero-order chi connectivity index (χ0) is 24.9. The number of rotatable bonds is 10. The molecule has 0 radical (unpaired) electrons. The average Bonchev–Trinajstić information content (AvgIpc) is 3.53. The summed E-state index contributed by atoms with van der Waals surface area (Å²) >= 11 is 7.30. The highest BCUT2D eigenvalue weighted by atomic mass is 35.5. The van der Waals surface area contributed by atoms with E-state index >= 15 is 0 Å². The average molecular weight is 518 g/mol. The predicted molar refractivity (Wildman–Crippen MR) is 133 cm³/mol. The van der Waals surface area contributed by atoms with Crippen molar-refractivity contribution in [1.29, 1.82) is 0 Å². The van der Waals surface area contributed by atoms with E-state index in [1.54, 1.807) is 31.5 Å². The number of nitrogens with one attached hydrogen (secondary N) is 1. The third-order valence-corrected chi connectivity index (χ3v) is 7.28. The van der Waals surface area contributed by atoms with Crippen LogP contribution in [0.1, 0.15) is 43.8 Å². The largest absolute Gasteiger partial charge is 0.494 e. The molecule has 1 aliphatic heterocycles. The number of halogens is 1. The number of likely N-dealkylation sites (tertiary alicyclic amines) is 1. The van der Waals surface area contributed by atoms with Gasteiger partial charge in [0.2, 0.25) is 11.6 Å². The van der Waals surface area contributed by atoms with Gasteiger partial charge in [0, 0.05) is 43.4 Å². The number of amides is 1. The first kappa shape index (κ1) is 25.2. The second-order valence-electron chi connectivity index (χ2n) is 8.33. The number of methoxy groups -OCH3 is 2. The Bertz CT molecular complexity index is 1140. The summed E-state index contributed by atoms with van der Waals surface area (Å²) in [6.45, 7) is 5.37. The third-order valence-electron chi connectivity index (χ3n) is 6.15. The summed E-state index contributed by atoms with van der Waals surface area (Å²) in [6.07, 6.45) is 4.87. The maximum Gasteiger partial charge on any atom is 0.211 e. The Kier molecular flexibility index (Phi) is 8.09. The zero-order valence-corrected chi connectivity index (χ0v) is 21.6. The molecule has 0 aliphatic carbocycles. The van der Waals surface area contributed by atoms with Gasteiger partial charge in [-0.2, -0.15) is 0 Å². The molecule has 3 aromatic rings. The van der Waals surface area contributed by atoms with E-state index in [0.29, 0.717) is 46.3 Å². The van der Waals surface area contributed by atoms with Crippen LogP contribution < -0.4 is 14.2 Å². The van der Waals surface area contributed by atoms with Crippen LogP contribution in [0.2, 0.25) is 5.02 Å². The molecule has 1 aromatic carbocycles. The Morgan fingerprint density at radius 1 is 1.17 bits per heavy atom. The number of hydrogen-bond donors (Lipinski definition) is 1. The van der Waals surface area contributed by atoms with Crippen LogP contribution in [0, 0.1) is 0 Å². The summed E-state index contributed by atoms with van der Waals surface area (Å²) in [5.74, 6) is 2.77. The van der Waals surface area contributed by atoms with Crippen LogP contribution >= 0.6 is 23.5 Å². The molecule has 10 nitrogen and oxygen atoms in total. The van der Waals surface area contributed by atoms with Crippen LogP contribution in [-0.4, -0.2) is 69.4 Å². The SMILES string of the molecule is COc1cccc(OC)c1-n1c(SNC(C)C(C)c2ncc(Cl)cn2)nnc1C1CCN(C=O)C1. The maximum absolute atomic E-state index is 11.3. The van der Waals surface area contributed by atoms with Crippen molar-refractivity contribution in [3.05, 3.63) is 47.3 Å². The number of carbonyl (C=O) groups is 1. The van der Waals surface area contributed by atoms with Crippen molar-refractivity contribution in [2.75, 3.05) is 27.3 Å². The highest BCUT2D eigenvalue weighted by Crippen LogP contribution is 2.38. The van der Waals surface area contributed by atoms with Crippen LogP contribution in [0.3, 0.4) is 0 Å². The van der Waals surface area contributed by atoms with Crippen molar-refractivity contribution >= 4 is 30.0 Å². The maximum atomic E-state index is 11.3. The molecule has 0 bridgehead atoms. The van der Waals surface area contributed by atoms with E-state index in [1.165, 1.54) is 11.9 Å². The van der Waals surface area contributed by atoms with E-state index in [0.717, 1.165) is 18.7 Å². The molecule has 1 saturated heterocycles. The summed E-state index contributed by atoms with van der Waals surface area (Å²) in [6, 6.07) is 5.62. The minimum Gasteiger partial charge on any atom is -0.494 e. The second kappa shape index (κ2) is 11.2. The van der Waals surface area contributed by atoms with Gasteiger partial charge in [-0.25, -0.2) is 9.97 Å². The van der Waals surface area contributed by atoms with Gasteiger partial charge in [-0.1, -0.05) is 24.6 Å². The van der Waals surface area contributed by atoms with Gasteiger partial charge in [-0.3, -0.25) is 14.1 Å². The first-order chi connectivity index (χ1) is 17.0. The van der Waals surface area contributed by atoms with Crippen LogP contribution in [-0.2, 0) is 4.79 Å². The predicted octanol–water partition coefficient (Wildman–Crippen LogP) is 3.46. The van der Waals surface area contributed by atoms with Crippen molar-refractivity contribution in [2.24, 2.45) is 0 Å². The number of para-hydroxylation sites is 1. The van der Waals surface area contributed by atoms with E-state index in [2.05, 4.69) is 31.8 Å². The fraction of sp³-hybridized carbons (Fsp3) is 0.435. The van der Waals surface area contributed by atoms with Gasteiger partial charge in [0.15, 0.2) is 0 Å². The molecular formula is C23H28ClN7O3S. The first-order valence-corrected chi connectivity index (χ1v) is 12.4. The lowest BCUT2D eigenvalue weighted by Gasteiger charge is -2.21. The van der Waals surface area contributed by atoms with Crippen LogP contribution in [0.15, 0.2) is 35.7 Å². The van der Waals surface area contributed by atoms with E-state index in [4.69, 9.17) is 21.1 Å². The molecule has 186 valence electrons. The summed E-state index contributed by atoms with van der Waals surface area (Å²) in [4.78, 5) is 21.8. The first-order valence-electron chi connectivity index (χ1n) is 11.2. The van der Waals surface area contributed by atoms with Crippen molar-refractivity contribution in [3.8, 4) is 17.2 Å². The Labute approximate surface area is 213 Å². The van der Waals surface area contributed by atoms with Crippen molar-refractivity contribution in [3.63, 3.8) is 0 Å². The lowest BCUT2D eigenvalue weighted by molar-refractivity contribution is -0.117. The van der Waals surface area contributed by atoms with E-state index in [1.807, 2.05) is 29.7 Å². The fourth-order valence-electron chi connectivity index (χ4n) is 4.00. The monoisotopic (exact) mass is 517 g/mol. The van der Waals surface area contributed by atoms with E-state index < -0.39 is 0 Å². The lowest BCUT2D eigenvalue weighted by atomic mass is 10.0. The molecule has 3 heterocycles. The molecule has 1 fully saturated rings. The second-order valence-corrected chi connectivity index (χ2v) is 9.57. The number of benzene rings is 1. The summed E-state index contributed by atoms with van der Waals surface area (Å²) in [5.41, 5.74) is 0.716. The standard InChI is InChI=1S/C23H28ClN7O3S/c1-14(21-25-10-17(24)11-26-21)15(2)29-35-23-28-27-22(16-8-9-30(12-16)13-32)31(23)20-18(33-3)6-5-7-19(20)34-4/h5-7,10-11,13-16,29H,8-9,12H2,1-4H3. The molecule has 4 rings (SSSR count). The Morgan fingerprint density at radius 3 is 2.46 bits per heavy atom. The van der Waals surface area contributed by atoms with Gasteiger partial charge >= 0.3 is 0 Å². The molecule has 2 aromatic heterocycles. The molecule has 0 spiro atoms. The quantitative estimate of drug-likeness (QED) is 0.319. The topological polar surface area (TPSA) is 107 Å². The van der Waals surface area contributed by atoms with Crippen LogP contribution in [0.25, 0.3) is 5.69 Å². The van der Waals surface area contributed by atoms with Gasteiger partial charge in [0.25, 0.3) is 0 Å². The minimum absolute atomic E-state index is 0.00590. The number of ether oxygens (including phenoxy) is 2. The summed E-state index contributed by atoms with van der Waals surface area (Å²) < 4.78 is 16.8. The Morgan fingerprint density at radius 2 is 1.86 bits per heavy atom. The highest BCUT2D eigenvalue weighted by molar-refractivity contribution is 7.97.